The second-order valence-corrected chi connectivity index (χ2v) is 13.4. The molecule has 1 saturated carbocycles. The van der Waals surface area contributed by atoms with Crippen molar-refractivity contribution in [3.63, 3.8) is 0 Å². The molecule has 55 heavy (non-hydrogen) atoms. The molecule has 6 N–H and O–H groups in total. The molecule has 2 aliphatic heterocycles. The van der Waals surface area contributed by atoms with E-state index in [1.54, 1.807) is 30.3 Å². The van der Waals surface area contributed by atoms with Gasteiger partial charge in [-0.1, -0.05) is 42.5 Å². The van der Waals surface area contributed by atoms with Gasteiger partial charge in [0, 0.05) is 43.5 Å². The van der Waals surface area contributed by atoms with E-state index in [0.29, 0.717) is 43.0 Å². The molecular weight excluding hydrogens is 710 g/mol. The lowest BCUT2D eigenvalue weighted by atomic mass is 10.0. The highest BCUT2D eigenvalue weighted by Crippen LogP contribution is 2.38. The summed E-state index contributed by atoms with van der Waals surface area (Å²) < 4.78 is 11.5. The predicted molar refractivity (Wildman–Crippen MR) is 194 cm³/mol. The van der Waals surface area contributed by atoms with Crippen molar-refractivity contribution < 1.29 is 43.3 Å². The Bertz CT molecular complexity index is 2190. The molecule has 1 aliphatic carbocycles. The van der Waals surface area contributed by atoms with Gasteiger partial charge in [0.15, 0.2) is 18.2 Å². The van der Waals surface area contributed by atoms with Gasteiger partial charge in [-0.15, -0.1) is 10.2 Å². The molecule has 282 valence electrons. The van der Waals surface area contributed by atoms with Crippen LogP contribution in [0.4, 0.5) is 5.82 Å². The summed E-state index contributed by atoms with van der Waals surface area (Å²) in [6.07, 6.45) is 1.23. The van der Waals surface area contributed by atoms with Crippen molar-refractivity contribution >= 4 is 41.3 Å². The number of aromatic hydroxyl groups is 1. The summed E-state index contributed by atoms with van der Waals surface area (Å²) in [6.45, 7) is 0.508. The maximum atomic E-state index is 13.2. The molecule has 3 heterocycles. The van der Waals surface area contributed by atoms with Gasteiger partial charge in [0.1, 0.15) is 23.2 Å². The first-order valence-corrected chi connectivity index (χ1v) is 17.7. The van der Waals surface area contributed by atoms with Crippen molar-refractivity contribution in [2.24, 2.45) is 11.8 Å². The maximum absolute atomic E-state index is 13.2. The summed E-state index contributed by atoms with van der Waals surface area (Å²) in [7, 11) is 0. The first-order valence-electron chi connectivity index (χ1n) is 17.7. The van der Waals surface area contributed by atoms with Gasteiger partial charge < -0.3 is 30.9 Å². The molecule has 3 aromatic carbocycles. The molecule has 3 atom stereocenters. The second kappa shape index (κ2) is 15.6. The number of carbonyl (C=O) groups excluding carboxylic acids is 6. The highest BCUT2D eigenvalue weighted by atomic mass is 16.5. The molecule has 2 fully saturated rings. The number of nitrogens with zero attached hydrogens (tertiary/aromatic N) is 3. The topological polar surface area (TPSA) is 232 Å². The lowest BCUT2D eigenvalue weighted by molar-refractivity contribution is -0.136. The third kappa shape index (κ3) is 8.07. The lowest BCUT2D eigenvalue weighted by Gasteiger charge is -2.27. The van der Waals surface area contributed by atoms with E-state index in [9.17, 15) is 33.9 Å². The van der Waals surface area contributed by atoms with Crippen molar-refractivity contribution in [3.05, 3.63) is 95.1 Å². The number of phenolic OH excluding ortho intramolecular Hbond substituents is 1. The number of nitrogen functional groups attached to an aromatic ring is 1. The van der Waals surface area contributed by atoms with Crippen LogP contribution in [0.25, 0.3) is 11.3 Å². The Labute approximate surface area is 314 Å². The number of carbonyl (C=O) groups is 6. The molecule has 16 heteroatoms. The van der Waals surface area contributed by atoms with Crippen LogP contribution in [0.2, 0.25) is 0 Å². The monoisotopic (exact) mass is 747 g/mol. The van der Waals surface area contributed by atoms with E-state index in [0.717, 1.165) is 16.0 Å². The van der Waals surface area contributed by atoms with Crippen molar-refractivity contribution in [2.75, 3.05) is 25.5 Å². The number of imide groups is 2. The van der Waals surface area contributed by atoms with Gasteiger partial charge >= 0.3 is 0 Å². The average Bonchev–Trinajstić information content (AvgIpc) is 3.92. The van der Waals surface area contributed by atoms with E-state index < -0.39 is 42.2 Å². The first kappa shape index (κ1) is 36.5. The summed E-state index contributed by atoms with van der Waals surface area (Å²) in [4.78, 5) is 76.4. The van der Waals surface area contributed by atoms with Crippen molar-refractivity contribution in [3.8, 4) is 28.5 Å². The van der Waals surface area contributed by atoms with Crippen LogP contribution in [-0.2, 0) is 32.1 Å². The fourth-order valence-electron chi connectivity index (χ4n) is 6.58. The third-order valence-electron chi connectivity index (χ3n) is 9.71. The van der Waals surface area contributed by atoms with E-state index >= 15 is 0 Å². The van der Waals surface area contributed by atoms with Crippen LogP contribution in [0.3, 0.4) is 0 Å². The predicted octanol–water partition coefficient (Wildman–Crippen LogP) is 1.90. The number of aromatic nitrogens is 2. The number of piperidine rings is 1. The standard InChI is InChI=1S/C39H37N7O9/c40-35-31(17-27(44-45-35)24-4-1-2-6-29(24)47)54-15-14-21-8-10-22(11-9-21)18-42-36(50)26-16-23(26)19-41-33(49)20-55-30-7-3-5-25-34(30)39(53)46(38(25)52)28-12-13-32(48)43-37(28)51/h1-11,17,23,26,28,47H,12-16,18-20H2,(H2,40,45)(H,41,49)(H,42,50)(H,43,48,51). The third-order valence-corrected chi connectivity index (χ3v) is 9.71. The minimum absolute atomic E-state index is 0.00150. The smallest absolute Gasteiger partial charge is 0.266 e. The number of hydrogen-bond acceptors (Lipinski definition) is 12. The van der Waals surface area contributed by atoms with Crippen LogP contribution in [0.5, 0.6) is 17.2 Å². The SMILES string of the molecule is Nc1nnc(-c2ccccc2O)cc1OCCc1ccc(CNC(=O)C2CC2CNC(=O)COc2cccc3c2C(=O)N(C2CCC(=O)NC2=O)C3=O)cc1. The molecule has 0 spiro atoms. The average molecular weight is 748 g/mol. The van der Waals surface area contributed by atoms with E-state index in [4.69, 9.17) is 15.2 Å². The Hall–Kier alpha value is -6.84. The zero-order valence-corrected chi connectivity index (χ0v) is 29.4. The van der Waals surface area contributed by atoms with Gasteiger partial charge in [0.05, 0.1) is 17.7 Å². The highest BCUT2D eigenvalue weighted by molar-refractivity contribution is 6.24. The Morgan fingerprint density at radius 2 is 1.65 bits per heavy atom. The highest BCUT2D eigenvalue weighted by Gasteiger charge is 2.46. The van der Waals surface area contributed by atoms with Gasteiger partial charge in [-0.25, -0.2) is 0 Å². The van der Waals surface area contributed by atoms with Gasteiger partial charge in [-0.2, -0.15) is 0 Å². The van der Waals surface area contributed by atoms with Crippen LogP contribution in [0, 0.1) is 11.8 Å². The number of phenols is 1. The largest absolute Gasteiger partial charge is 0.507 e. The first-order chi connectivity index (χ1) is 26.6. The van der Waals surface area contributed by atoms with E-state index in [1.807, 2.05) is 24.3 Å². The molecule has 6 amide bonds. The number of ether oxygens (including phenoxy) is 2. The number of anilines is 1. The van der Waals surface area contributed by atoms with E-state index in [-0.39, 0.29) is 65.6 Å². The van der Waals surface area contributed by atoms with E-state index in [1.165, 1.54) is 18.2 Å². The number of para-hydroxylation sites is 1. The summed E-state index contributed by atoms with van der Waals surface area (Å²) in [5, 5.41) is 26.0. The normalized spacial score (nSPS) is 18.7. The number of nitrogens with one attached hydrogen (secondary N) is 3. The number of hydrogen-bond donors (Lipinski definition) is 5. The Kier molecular flexibility index (Phi) is 10.4. The van der Waals surface area contributed by atoms with Gasteiger partial charge in [-0.05, 0) is 54.2 Å². The van der Waals surface area contributed by atoms with Crippen molar-refractivity contribution in [1.29, 1.82) is 0 Å². The van der Waals surface area contributed by atoms with Crippen molar-refractivity contribution in [1.82, 2.24) is 31.0 Å². The number of nitrogens with two attached hydrogens (primary N) is 1. The number of rotatable bonds is 14. The molecule has 3 aliphatic rings. The van der Waals surface area contributed by atoms with Crippen LogP contribution in [0.1, 0.15) is 51.1 Å². The molecule has 1 saturated heterocycles. The summed E-state index contributed by atoms with van der Waals surface area (Å²) in [5.41, 5.74) is 8.86. The Morgan fingerprint density at radius 3 is 2.44 bits per heavy atom. The molecule has 0 radical (unpaired) electrons. The summed E-state index contributed by atoms with van der Waals surface area (Å²) >= 11 is 0. The van der Waals surface area contributed by atoms with Crippen LogP contribution in [-0.4, -0.2) is 81.4 Å². The number of amides is 6. The summed E-state index contributed by atoms with van der Waals surface area (Å²) in [5.74, 6) is -2.83. The van der Waals surface area contributed by atoms with Gasteiger partial charge in [0.25, 0.3) is 17.7 Å². The fraction of sp³-hybridized carbons (Fsp3) is 0.282. The molecule has 1 aromatic heterocycles. The quantitative estimate of drug-likeness (QED) is 0.117. The van der Waals surface area contributed by atoms with Crippen LogP contribution < -0.4 is 31.2 Å². The molecule has 16 nitrogen and oxygen atoms in total. The molecule has 0 bridgehead atoms. The van der Waals surface area contributed by atoms with Crippen molar-refractivity contribution in [2.45, 2.75) is 38.3 Å². The van der Waals surface area contributed by atoms with Gasteiger partial charge in [0.2, 0.25) is 17.7 Å². The molecule has 4 aromatic rings. The maximum Gasteiger partial charge on any atom is 0.266 e. The minimum Gasteiger partial charge on any atom is -0.507 e. The summed E-state index contributed by atoms with van der Waals surface area (Å²) in [6, 6.07) is 19.5. The Balaban J connectivity index is 0.817. The number of fused-ring (bicyclic) bond motifs is 1. The second-order valence-electron chi connectivity index (χ2n) is 13.4. The molecular formula is C39H37N7O9. The zero-order valence-electron chi connectivity index (χ0n) is 29.4. The van der Waals surface area contributed by atoms with Gasteiger partial charge in [-0.3, -0.25) is 39.0 Å². The van der Waals surface area contributed by atoms with E-state index in [2.05, 4.69) is 26.1 Å². The Morgan fingerprint density at radius 1 is 0.891 bits per heavy atom. The zero-order chi connectivity index (χ0) is 38.6. The molecule has 3 unspecified atom stereocenters. The fourth-order valence-corrected chi connectivity index (χ4v) is 6.58. The lowest BCUT2D eigenvalue weighted by Crippen LogP contribution is -2.54. The minimum atomic E-state index is -1.12. The van der Waals surface area contributed by atoms with Crippen LogP contribution in [0.15, 0.2) is 72.8 Å². The number of benzene rings is 3. The van der Waals surface area contributed by atoms with Crippen LogP contribution >= 0.6 is 0 Å². The molecule has 7 rings (SSSR count).